The van der Waals surface area contributed by atoms with Crippen molar-refractivity contribution in [3.05, 3.63) is 82.9 Å². The first-order valence-electron chi connectivity index (χ1n) is 10.7. The average Bonchev–Trinajstić information content (AvgIpc) is 3.33. The molecule has 1 fully saturated rings. The van der Waals surface area contributed by atoms with E-state index in [1.807, 2.05) is 34.9 Å². The third-order valence-electron chi connectivity index (χ3n) is 6.33. The molecule has 0 spiro atoms. The van der Waals surface area contributed by atoms with Gasteiger partial charge in [-0.05, 0) is 29.9 Å². The Bertz CT molecular complexity index is 1040. The molecule has 30 heavy (non-hydrogen) atoms. The Labute approximate surface area is 176 Å². The molecule has 0 unspecified atom stereocenters. The maximum atomic E-state index is 12.7. The van der Waals surface area contributed by atoms with E-state index in [1.54, 1.807) is 0 Å². The van der Waals surface area contributed by atoms with Gasteiger partial charge >= 0.3 is 0 Å². The Morgan fingerprint density at radius 1 is 1.00 bits per heavy atom. The molecule has 2 aromatic carbocycles. The highest BCUT2D eigenvalue weighted by Gasteiger charge is 2.39. The lowest BCUT2D eigenvalue weighted by atomic mass is 9.89. The van der Waals surface area contributed by atoms with Crippen molar-refractivity contribution < 1.29 is 4.79 Å². The first kappa shape index (κ1) is 19.0. The first-order valence-corrected chi connectivity index (χ1v) is 10.7. The van der Waals surface area contributed by atoms with E-state index in [0.717, 1.165) is 44.0 Å². The smallest absolute Gasteiger partial charge is 0.289 e. The van der Waals surface area contributed by atoms with Gasteiger partial charge in [0.1, 0.15) is 5.82 Å². The van der Waals surface area contributed by atoms with Gasteiger partial charge in [-0.25, -0.2) is 0 Å². The van der Waals surface area contributed by atoms with Crippen LogP contribution in [0.15, 0.2) is 54.6 Å². The number of amides is 1. The molecular formula is C24H27N5O. The van der Waals surface area contributed by atoms with Crippen LogP contribution in [0.2, 0.25) is 0 Å². The number of fused-ring (bicyclic) bond motifs is 2. The van der Waals surface area contributed by atoms with Crippen LogP contribution in [0.5, 0.6) is 0 Å². The summed E-state index contributed by atoms with van der Waals surface area (Å²) in [6.45, 7) is 6.59. The summed E-state index contributed by atoms with van der Waals surface area (Å²) in [6.07, 6.45) is 0.897. The number of rotatable bonds is 5. The minimum absolute atomic E-state index is 0.148. The van der Waals surface area contributed by atoms with Gasteiger partial charge in [0, 0.05) is 39.1 Å². The van der Waals surface area contributed by atoms with Gasteiger partial charge in [-0.2, -0.15) is 0 Å². The van der Waals surface area contributed by atoms with Crippen molar-refractivity contribution in [2.75, 3.05) is 13.1 Å². The van der Waals surface area contributed by atoms with Crippen molar-refractivity contribution in [1.82, 2.24) is 25.0 Å². The minimum Gasteiger partial charge on any atom is -0.345 e. The van der Waals surface area contributed by atoms with E-state index in [4.69, 9.17) is 0 Å². The fourth-order valence-corrected chi connectivity index (χ4v) is 4.84. The van der Waals surface area contributed by atoms with E-state index in [2.05, 4.69) is 51.6 Å². The predicted octanol–water partition coefficient (Wildman–Crippen LogP) is 2.82. The summed E-state index contributed by atoms with van der Waals surface area (Å²) in [7, 11) is 0. The molecule has 0 radical (unpaired) electrons. The monoisotopic (exact) mass is 401 g/mol. The largest absolute Gasteiger partial charge is 0.345 e. The molecule has 154 valence electrons. The van der Waals surface area contributed by atoms with Gasteiger partial charge < -0.3 is 9.88 Å². The van der Waals surface area contributed by atoms with Crippen LogP contribution in [-0.2, 0) is 26.1 Å². The van der Waals surface area contributed by atoms with Gasteiger partial charge in [0.25, 0.3) is 5.91 Å². The SMILES string of the molecule is Cc1cccc(CN2C[C@H]3Cc4nnc(C(=O)NCc5ccccc5)n4C[C@H]3C2)c1. The van der Waals surface area contributed by atoms with Crippen molar-refractivity contribution in [3.8, 4) is 0 Å². The fourth-order valence-electron chi connectivity index (χ4n) is 4.84. The van der Waals surface area contributed by atoms with Gasteiger partial charge in [0.05, 0.1) is 0 Å². The van der Waals surface area contributed by atoms with Crippen LogP contribution < -0.4 is 5.32 Å². The molecule has 1 saturated heterocycles. The quantitative estimate of drug-likeness (QED) is 0.714. The minimum atomic E-state index is -0.148. The van der Waals surface area contributed by atoms with Crippen molar-refractivity contribution in [2.45, 2.75) is 33.0 Å². The zero-order chi connectivity index (χ0) is 20.5. The zero-order valence-corrected chi connectivity index (χ0v) is 17.3. The molecule has 5 rings (SSSR count). The second kappa shape index (κ2) is 8.03. The zero-order valence-electron chi connectivity index (χ0n) is 17.3. The van der Waals surface area contributed by atoms with E-state index >= 15 is 0 Å². The lowest BCUT2D eigenvalue weighted by Crippen LogP contribution is -2.32. The molecule has 0 saturated carbocycles. The molecule has 1 N–H and O–H groups in total. The number of carbonyl (C=O) groups is 1. The number of likely N-dealkylation sites (tertiary alicyclic amines) is 1. The lowest BCUT2D eigenvalue weighted by Gasteiger charge is -2.25. The summed E-state index contributed by atoms with van der Waals surface area (Å²) in [5.41, 5.74) is 3.75. The number of aromatic nitrogens is 3. The Hall–Kier alpha value is -2.99. The van der Waals surface area contributed by atoms with Crippen LogP contribution in [0.25, 0.3) is 0 Å². The molecule has 1 aromatic heterocycles. The van der Waals surface area contributed by atoms with Crippen LogP contribution in [-0.4, -0.2) is 38.7 Å². The van der Waals surface area contributed by atoms with Crippen LogP contribution in [0.4, 0.5) is 0 Å². The molecule has 3 heterocycles. The average molecular weight is 402 g/mol. The molecule has 1 amide bonds. The van der Waals surface area contributed by atoms with Crippen molar-refractivity contribution in [3.63, 3.8) is 0 Å². The number of hydrogen-bond acceptors (Lipinski definition) is 4. The standard InChI is InChI=1S/C24H27N5O/c1-17-6-5-9-19(10-17)13-28-14-20-11-22-26-27-23(29(22)16-21(20)15-28)24(30)25-12-18-7-3-2-4-8-18/h2-10,20-21H,11-16H2,1H3,(H,25,30)/t20-,21-/m1/s1. The molecule has 0 bridgehead atoms. The van der Waals surface area contributed by atoms with Gasteiger partial charge in [0.2, 0.25) is 5.82 Å². The first-order chi connectivity index (χ1) is 14.7. The third-order valence-corrected chi connectivity index (χ3v) is 6.33. The van der Waals surface area contributed by atoms with E-state index in [9.17, 15) is 4.79 Å². The Morgan fingerprint density at radius 3 is 2.63 bits per heavy atom. The maximum Gasteiger partial charge on any atom is 0.289 e. The van der Waals surface area contributed by atoms with Crippen molar-refractivity contribution >= 4 is 5.91 Å². The predicted molar refractivity (Wildman–Crippen MR) is 115 cm³/mol. The molecule has 2 aliphatic rings. The molecule has 0 aliphatic carbocycles. The molecular weight excluding hydrogens is 374 g/mol. The highest BCUT2D eigenvalue weighted by atomic mass is 16.2. The number of carbonyl (C=O) groups excluding carboxylic acids is 1. The summed E-state index contributed by atoms with van der Waals surface area (Å²) in [5, 5.41) is 11.6. The van der Waals surface area contributed by atoms with Crippen LogP contribution in [0.1, 0.15) is 33.1 Å². The van der Waals surface area contributed by atoms with Crippen LogP contribution >= 0.6 is 0 Å². The van der Waals surface area contributed by atoms with Gasteiger partial charge in [-0.1, -0.05) is 60.2 Å². The van der Waals surface area contributed by atoms with Gasteiger partial charge in [-0.15, -0.1) is 10.2 Å². The lowest BCUT2D eigenvalue weighted by molar-refractivity contribution is 0.0932. The molecule has 2 atom stereocenters. The summed E-state index contributed by atoms with van der Waals surface area (Å²) in [5.74, 6) is 2.37. The highest BCUT2D eigenvalue weighted by molar-refractivity contribution is 5.90. The summed E-state index contributed by atoms with van der Waals surface area (Å²) in [6, 6.07) is 18.7. The number of hydrogen-bond donors (Lipinski definition) is 1. The second-order valence-electron chi connectivity index (χ2n) is 8.63. The van der Waals surface area contributed by atoms with E-state index in [-0.39, 0.29) is 5.91 Å². The summed E-state index contributed by atoms with van der Waals surface area (Å²) in [4.78, 5) is 15.3. The number of aryl methyl sites for hydroxylation is 1. The summed E-state index contributed by atoms with van der Waals surface area (Å²) < 4.78 is 2.04. The molecule has 3 aromatic rings. The van der Waals surface area contributed by atoms with Gasteiger partial charge in [0.15, 0.2) is 0 Å². The summed E-state index contributed by atoms with van der Waals surface area (Å²) >= 11 is 0. The second-order valence-corrected chi connectivity index (χ2v) is 8.63. The van der Waals surface area contributed by atoms with Crippen molar-refractivity contribution in [1.29, 1.82) is 0 Å². The number of benzene rings is 2. The van der Waals surface area contributed by atoms with Crippen LogP contribution in [0, 0.1) is 18.8 Å². The van der Waals surface area contributed by atoms with E-state index in [0.29, 0.717) is 24.2 Å². The topological polar surface area (TPSA) is 63.1 Å². The Morgan fingerprint density at radius 2 is 1.80 bits per heavy atom. The third kappa shape index (κ3) is 3.87. The Balaban J connectivity index is 1.24. The normalized spacial score (nSPS) is 20.6. The number of nitrogens with zero attached hydrogens (tertiary/aromatic N) is 4. The van der Waals surface area contributed by atoms with Crippen LogP contribution in [0.3, 0.4) is 0 Å². The fraction of sp³-hybridized carbons (Fsp3) is 0.375. The van der Waals surface area contributed by atoms with Crippen molar-refractivity contribution in [2.24, 2.45) is 11.8 Å². The Kier molecular flexibility index (Phi) is 5.09. The van der Waals surface area contributed by atoms with E-state index < -0.39 is 0 Å². The van der Waals surface area contributed by atoms with Gasteiger partial charge in [-0.3, -0.25) is 9.69 Å². The molecule has 2 aliphatic heterocycles. The highest BCUT2D eigenvalue weighted by Crippen LogP contribution is 2.33. The number of nitrogens with one attached hydrogen (secondary N) is 1. The maximum absolute atomic E-state index is 12.7. The molecule has 6 nitrogen and oxygen atoms in total. The molecule has 6 heteroatoms. The van der Waals surface area contributed by atoms with E-state index in [1.165, 1.54) is 11.1 Å².